The van der Waals surface area contributed by atoms with Crippen molar-refractivity contribution in [3.05, 3.63) is 76.6 Å². The maximum absolute atomic E-state index is 12.9. The largest absolute Gasteiger partial charge is 0.384 e. The fraction of sp³-hybridized carbons (Fsp3) is 0.292. The summed E-state index contributed by atoms with van der Waals surface area (Å²) < 4.78 is 1.97. The van der Waals surface area contributed by atoms with Crippen LogP contribution in [-0.4, -0.2) is 37.5 Å². The highest BCUT2D eigenvalue weighted by molar-refractivity contribution is 5.79. The fourth-order valence-electron chi connectivity index (χ4n) is 5.32. The van der Waals surface area contributed by atoms with Crippen LogP contribution in [0.4, 0.5) is 5.82 Å². The number of piperidine rings is 1. The average molecular weight is 412 g/mol. The topological polar surface area (TPSA) is 92.8 Å². The molecule has 1 aromatic carbocycles. The molecule has 2 aliphatic heterocycles. The third-order valence-corrected chi connectivity index (χ3v) is 6.64. The van der Waals surface area contributed by atoms with Gasteiger partial charge in [-0.05, 0) is 41.5 Å². The Bertz CT molecular complexity index is 1340. The number of pyridine rings is 1. The SMILES string of the molecule is Nc1cc(-c2cc3n(c(=O)c2)C[C@H]2C[C@@H]3CN(Cc3ccc4cc[nH]c4c3)C2)ncn1. The van der Waals surface area contributed by atoms with Gasteiger partial charge in [-0.15, -0.1) is 0 Å². The Labute approximate surface area is 179 Å². The molecule has 3 N–H and O–H groups in total. The molecule has 0 amide bonds. The number of aromatic nitrogens is 4. The number of hydrogen-bond donors (Lipinski definition) is 2. The van der Waals surface area contributed by atoms with Crippen molar-refractivity contribution in [3.63, 3.8) is 0 Å². The Balaban J connectivity index is 1.30. The smallest absolute Gasteiger partial charge is 0.251 e. The van der Waals surface area contributed by atoms with Crippen molar-refractivity contribution in [1.29, 1.82) is 0 Å². The summed E-state index contributed by atoms with van der Waals surface area (Å²) in [5.74, 6) is 1.25. The second-order valence-electron chi connectivity index (χ2n) is 8.84. The standard InChI is InChI=1S/C24H24N6O/c25-23-9-21(27-14-28-23)18-7-22-19-5-16(12-30(22)24(31)8-18)11-29(13-19)10-15-1-2-17-3-4-26-20(17)6-15/h1-4,6-9,14,16,19,26H,5,10-13H2,(H2,25,27,28)/t16-,19+/m0/s1. The molecule has 0 saturated carbocycles. The van der Waals surface area contributed by atoms with Crippen LogP contribution in [0.3, 0.4) is 0 Å². The number of anilines is 1. The molecule has 2 atom stereocenters. The first-order valence-corrected chi connectivity index (χ1v) is 10.7. The third kappa shape index (κ3) is 3.31. The lowest BCUT2D eigenvalue weighted by Crippen LogP contribution is -2.46. The van der Waals surface area contributed by atoms with Crippen LogP contribution in [0.1, 0.15) is 23.6 Å². The van der Waals surface area contributed by atoms with Crippen molar-refractivity contribution in [2.45, 2.75) is 25.4 Å². The van der Waals surface area contributed by atoms with Gasteiger partial charge in [-0.2, -0.15) is 0 Å². The first-order valence-electron chi connectivity index (χ1n) is 10.7. The summed E-state index contributed by atoms with van der Waals surface area (Å²) in [6, 6.07) is 14.3. The predicted octanol–water partition coefficient (Wildman–Crippen LogP) is 2.99. The minimum Gasteiger partial charge on any atom is -0.384 e. The van der Waals surface area contributed by atoms with E-state index in [0.29, 0.717) is 23.3 Å². The van der Waals surface area contributed by atoms with Crippen LogP contribution in [0, 0.1) is 5.92 Å². The maximum atomic E-state index is 12.9. The fourth-order valence-corrected chi connectivity index (χ4v) is 5.32. The number of H-pyrrole nitrogens is 1. The summed E-state index contributed by atoms with van der Waals surface area (Å²) in [6.07, 6.45) is 4.55. The normalized spacial score (nSPS) is 20.6. The second-order valence-corrected chi connectivity index (χ2v) is 8.84. The van der Waals surface area contributed by atoms with Crippen LogP contribution in [0.2, 0.25) is 0 Å². The van der Waals surface area contributed by atoms with E-state index in [0.717, 1.165) is 43.9 Å². The van der Waals surface area contributed by atoms with Gasteiger partial charge in [0.15, 0.2) is 0 Å². The van der Waals surface area contributed by atoms with Crippen molar-refractivity contribution in [1.82, 2.24) is 24.4 Å². The van der Waals surface area contributed by atoms with E-state index < -0.39 is 0 Å². The Kier molecular flexibility index (Phi) is 4.17. The quantitative estimate of drug-likeness (QED) is 0.540. The predicted molar refractivity (Wildman–Crippen MR) is 121 cm³/mol. The van der Waals surface area contributed by atoms with Crippen LogP contribution in [0.25, 0.3) is 22.2 Å². The lowest BCUT2D eigenvalue weighted by atomic mass is 9.82. The lowest BCUT2D eigenvalue weighted by Gasteiger charge is -2.43. The van der Waals surface area contributed by atoms with Gasteiger partial charge in [0, 0.05) is 67.2 Å². The summed E-state index contributed by atoms with van der Waals surface area (Å²) in [6.45, 7) is 3.68. The van der Waals surface area contributed by atoms with Gasteiger partial charge < -0.3 is 15.3 Å². The zero-order valence-electron chi connectivity index (χ0n) is 17.2. The van der Waals surface area contributed by atoms with Crippen LogP contribution >= 0.6 is 0 Å². The van der Waals surface area contributed by atoms with Crippen LogP contribution in [-0.2, 0) is 13.1 Å². The van der Waals surface area contributed by atoms with Crippen molar-refractivity contribution >= 4 is 16.7 Å². The van der Waals surface area contributed by atoms with E-state index in [9.17, 15) is 4.79 Å². The van der Waals surface area contributed by atoms with E-state index in [2.05, 4.69) is 50.2 Å². The van der Waals surface area contributed by atoms with Gasteiger partial charge in [0.1, 0.15) is 12.1 Å². The second kappa shape index (κ2) is 7.06. The zero-order chi connectivity index (χ0) is 20.9. The summed E-state index contributed by atoms with van der Waals surface area (Å²) in [4.78, 5) is 27.0. The van der Waals surface area contributed by atoms with E-state index in [-0.39, 0.29) is 5.56 Å². The molecule has 1 fully saturated rings. The molecule has 31 heavy (non-hydrogen) atoms. The molecule has 156 valence electrons. The number of fused-ring (bicyclic) bond motifs is 5. The van der Waals surface area contributed by atoms with Gasteiger partial charge in [-0.1, -0.05) is 12.1 Å². The Morgan fingerprint density at radius 3 is 2.90 bits per heavy atom. The van der Waals surface area contributed by atoms with Gasteiger partial charge >= 0.3 is 0 Å². The van der Waals surface area contributed by atoms with E-state index in [1.807, 2.05) is 10.8 Å². The minimum atomic E-state index is 0.0463. The molecule has 0 spiro atoms. The molecule has 2 aliphatic rings. The van der Waals surface area contributed by atoms with Gasteiger partial charge in [0.25, 0.3) is 5.56 Å². The summed E-state index contributed by atoms with van der Waals surface area (Å²) in [7, 11) is 0. The van der Waals surface area contributed by atoms with Crippen molar-refractivity contribution in [3.8, 4) is 11.3 Å². The molecule has 5 heterocycles. The molecule has 0 radical (unpaired) electrons. The van der Waals surface area contributed by atoms with Gasteiger partial charge in [-0.25, -0.2) is 9.97 Å². The summed E-state index contributed by atoms with van der Waals surface area (Å²) in [5, 5.41) is 1.24. The molecule has 7 heteroatoms. The van der Waals surface area contributed by atoms with Crippen LogP contribution in [0.15, 0.2) is 59.8 Å². The molecular weight excluding hydrogens is 388 g/mol. The van der Waals surface area contributed by atoms with Crippen molar-refractivity contribution in [2.75, 3.05) is 18.8 Å². The van der Waals surface area contributed by atoms with E-state index in [1.54, 1.807) is 12.1 Å². The Hall–Kier alpha value is -3.45. The number of nitrogen functional groups attached to an aromatic ring is 1. The first-order chi connectivity index (χ1) is 15.1. The number of nitrogens with one attached hydrogen (secondary N) is 1. The monoisotopic (exact) mass is 412 g/mol. The van der Waals surface area contributed by atoms with Crippen molar-refractivity contribution in [2.24, 2.45) is 5.92 Å². The molecule has 3 aromatic heterocycles. The van der Waals surface area contributed by atoms with Crippen LogP contribution in [0.5, 0.6) is 0 Å². The zero-order valence-corrected chi connectivity index (χ0v) is 17.2. The number of likely N-dealkylation sites (tertiary alicyclic amines) is 1. The van der Waals surface area contributed by atoms with E-state index in [4.69, 9.17) is 5.73 Å². The Morgan fingerprint density at radius 1 is 1.06 bits per heavy atom. The lowest BCUT2D eigenvalue weighted by molar-refractivity contribution is 0.114. The molecular formula is C24H24N6O. The maximum Gasteiger partial charge on any atom is 0.251 e. The molecule has 6 rings (SSSR count). The van der Waals surface area contributed by atoms with Crippen molar-refractivity contribution < 1.29 is 0 Å². The number of aromatic amines is 1. The number of hydrogen-bond acceptors (Lipinski definition) is 5. The minimum absolute atomic E-state index is 0.0463. The third-order valence-electron chi connectivity index (χ3n) is 6.64. The van der Waals surface area contributed by atoms with Gasteiger partial charge in [0.2, 0.25) is 0 Å². The number of nitrogens with two attached hydrogens (primary N) is 1. The molecule has 1 saturated heterocycles. The summed E-state index contributed by atoms with van der Waals surface area (Å²) in [5.41, 5.74) is 11.0. The average Bonchev–Trinajstić information content (AvgIpc) is 3.22. The van der Waals surface area contributed by atoms with Gasteiger partial charge in [0.05, 0.1) is 5.69 Å². The molecule has 7 nitrogen and oxygen atoms in total. The highest BCUT2D eigenvalue weighted by Gasteiger charge is 2.35. The van der Waals surface area contributed by atoms with E-state index >= 15 is 0 Å². The molecule has 2 bridgehead atoms. The van der Waals surface area contributed by atoms with Gasteiger partial charge in [-0.3, -0.25) is 9.69 Å². The molecule has 4 aromatic rings. The Morgan fingerprint density at radius 2 is 2.00 bits per heavy atom. The molecule has 0 aliphatic carbocycles. The number of benzene rings is 1. The highest BCUT2D eigenvalue weighted by Crippen LogP contribution is 2.37. The highest BCUT2D eigenvalue weighted by atomic mass is 16.1. The summed E-state index contributed by atoms with van der Waals surface area (Å²) >= 11 is 0. The van der Waals surface area contributed by atoms with Crippen LogP contribution < -0.4 is 11.3 Å². The first kappa shape index (κ1) is 18.3. The van der Waals surface area contributed by atoms with E-state index in [1.165, 1.54) is 22.8 Å². The number of nitrogens with zero attached hydrogens (tertiary/aromatic N) is 4. The number of rotatable bonds is 3. The molecule has 0 unspecified atom stereocenters.